The zero-order valence-corrected chi connectivity index (χ0v) is 7.52. The van der Waals surface area contributed by atoms with Crippen LogP contribution in [0.25, 0.3) is 0 Å². The topological polar surface area (TPSA) is 37.3 Å². The van der Waals surface area contributed by atoms with Gasteiger partial charge < -0.3 is 0 Å². The Hall–Kier alpha value is -0.200. The highest BCUT2D eigenvalue weighted by Crippen LogP contribution is 2.24. The molecular weight excluding hydrogens is 159 g/mol. The van der Waals surface area contributed by atoms with Gasteiger partial charge in [0.2, 0.25) is 0 Å². The first-order chi connectivity index (χ1) is 5.29. The molecule has 0 saturated heterocycles. The van der Waals surface area contributed by atoms with E-state index in [0.29, 0.717) is 6.16 Å². The fraction of sp³-hybridized carbons (Fsp3) is 0.750. The molecule has 1 aliphatic carbocycles. The van der Waals surface area contributed by atoms with Crippen LogP contribution in [0.15, 0.2) is 11.6 Å². The Morgan fingerprint density at radius 2 is 2.00 bits per heavy atom. The van der Waals surface area contributed by atoms with E-state index in [1.165, 1.54) is 24.8 Å². The summed E-state index contributed by atoms with van der Waals surface area (Å²) in [6.45, 7) is 0. The zero-order valence-electron chi connectivity index (χ0n) is 6.62. The molecule has 0 heterocycles. The molecule has 0 aliphatic heterocycles. The van der Waals surface area contributed by atoms with Crippen LogP contribution in [-0.4, -0.2) is 11.1 Å². The van der Waals surface area contributed by atoms with Crippen LogP contribution < -0.4 is 0 Å². The third-order valence-corrected chi connectivity index (χ3v) is 2.53. The first kappa shape index (κ1) is 8.89. The fourth-order valence-electron chi connectivity index (χ4n) is 1.42. The molecule has 11 heavy (non-hydrogen) atoms. The average molecular weight is 173 g/mol. The SMILES string of the molecule is O=[P+](O)CC=C1CCCCC1. The van der Waals surface area contributed by atoms with Crippen molar-refractivity contribution in [3.63, 3.8) is 0 Å². The second-order valence-corrected chi connectivity index (χ2v) is 4.03. The fourth-order valence-corrected chi connectivity index (χ4v) is 1.83. The van der Waals surface area contributed by atoms with E-state index < -0.39 is 8.03 Å². The van der Waals surface area contributed by atoms with Gasteiger partial charge in [-0.3, -0.25) is 0 Å². The minimum absolute atomic E-state index is 0.352. The number of hydrogen-bond acceptors (Lipinski definition) is 1. The molecule has 0 aromatic carbocycles. The summed E-state index contributed by atoms with van der Waals surface area (Å²) in [5.74, 6) is 0. The average Bonchev–Trinajstić information content (AvgIpc) is 2.03. The summed E-state index contributed by atoms with van der Waals surface area (Å²) >= 11 is 0. The lowest BCUT2D eigenvalue weighted by atomic mass is 9.95. The van der Waals surface area contributed by atoms with Crippen molar-refractivity contribution in [3.05, 3.63) is 11.6 Å². The van der Waals surface area contributed by atoms with Crippen LogP contribution in [0.1, 0.15) is 32.1 Å². The predicted octanol–water partition coefficient (Wildman–Crippen LogP) is 2.61. The molecule has 62 valence electrons. The number of hydrogen-bond donors (Lipinski definition) is 1. The minimum atomic E-state index is -1.95. The third kappa shape index (κ3) is 3.64. The molecule has 0 bridgehead atoms. The third-order valence-electron chi connectivity index (χ3n) is 2.03. The van der Waals surface area contributed by atoms with Crippen molar-refractivity contribution >= 4 is 8.03 Å². The maximum absolute atomic E-state index is 10.3. The summed E-state index contributed by atoms with van der Waals surface area (Å²) in [7, 11) is -1.95. The van der Waals surface area contributed by atoms with Crippen LogP contribution >= 0.6 is 8.03 Å². The van der Waals surface area contributed by atoms with Gasteiger partial charge in [-0.1, -0.05) is 12.0 Å². The van der Waals surface area contributed by atoms with Crippen molar-refractivity contribution in [1.82, 2.24) is 0 Å². The zero-order chi connectivity index (χ0) is 8.10. The van der Waals surface area contributed by atoms with Gasteiger partial charge in [0.15, 0.2) is 6.16 Å². The molecule has 0 aromatic rings. The Balaban J connectivity index is 2.32. The van der Waals surface area contributed by atoms with Crippen molar-refractivity contribution in [2.45, 2.75) is 32.1 Å². The lowest BCUT2D eigenvalue weighted by Crippen LogP contribution is -1.93. The standard InChI is InChI=1S/C8H13O2P/c9-11(10)7-6-8-4-2-1-3-5-8/h6H,1-5,7H2/p+1. The Kier molecular flexibility index (Phi) is 3.74. The Morgan fingerprint density at radius 1 is 1.36 bits per heavy atom. The molecular formula is C8H14O2P+. The van der Waals surface area contributed by atoms with Gasteiger partial charge in [-0.2, -0.15) is 4.89 Å². The van der Waals surface area contributed by atoms with E-state index in [2.05, 4.69) is 0 Å². The summed E-state index contributed by atoms with van der Waals surface area (Å²) in [5.41, 5.74) is 1.38. The summed E-state index contributed by atoms with van der Waals surface area (Å²) in [6.07, 6.45) is 8.42. The van der Waals surface area contributed by atoms with E-state index in [1.54, 1.807) is 0 Å². The summed E-state index contributed by atoms with van der Waals surface area (Å²) in [5, 5.41) is 0. The van der Waals surface area contributed by atoms with Gasteiger partial charge in [0.1, 0.15) is 0 Å². The molecule has 0 amide bonds. The van der Waals surface area contributed by atoms with E-state index in [1.807, 2.05) is 6.08 Å². The maximum Gasteiger partial charge on any atom is 0.509 e. The first-order valence-electron chi connectivity index (χ1n) is 4.10. The highest BCUT2D eigenvalue weighted by Gasteiger charge is 2.09. The van der Waals surface area contributed by atoms with E-state index in [0.717, 1.165) is 12.8 Å². The van der Waals surface area contributed by atoms with Crippen molar-refractivity contribution in [2.24, 2.45) is 0 Å². The van der Waals surface area contributed by atoms with E-state index in [9.17, 15) is 4.57 Å². The Morgan fingerprint density at radius 3 is 2.55 bits per heavy atom. The second-order valence-electron chi connectivity index (χ2n) is 2.96. The second kappa shape index (κ2) is 4.63. The molecule has 1 atom stereocenters. The molecule has 1 N–H and O–H groups in total. The lowest BCUT2D eigenvalue weighted by Gasteiger charge is -2.11. The number of rotatable bonds is 2. The van der Waals surface area contributed by atoms with Crippen LogP contribution in [0.4, 0.5) is 0 Å². The quantitative estimate of drug-likeness (QED) is 0.514. The normalized spacial score (nSPS) is 19.7. The Labute approximate surface area is 68.2 Å². The molecule has 0 spiro atoms. The van der Waals surface area contributed by atoms with Crippen molar-refractivity contribution in [1.29, 1.82) is 0 Å². The summed E-state index contributed by atoms with van der Waals surface area (Å²) in [6, 6.07) is 0. The molecule has 2 nitrogen and oxygen atoms in total. The molecule has 1 fully saturated rings. The van der Waals surface area contributed by atoms with Gasteiger partial charge in [-0.05, 0) is 36.3 Å². The molecule has 0 aromatic heterocycles. The van der Waals surface area contributed by atoms with Gasteiger partial charge in [0.05, 0.1) is 0 Å². The van der Waals surface area contributed by atoms with E-state index in [4.69, 9.17) is 4.89 Å². The number of allylic oxidation sites excluding steroid dienone is 2. The molecule has 1 rings (SSSR count). The Bertz CT molecular complexity index is 167. The van der Waals surface area contributed by atoms with Gasteiger partial charge in [-0.25, -0.2) is 0 Å². The highest BCUT2D eigenvalue weighted by molar-refractivity contribution is 7.38. The van der Waals surface area contributed by atoms with Crippen molar-refractivity contribution < 1.29 is 9.46 Å². The first-order valence-corrected chi connectivity index (χ1v) is 5.50. The van der Waals surface area contributed by atoms with Crippen LogP contribution in [-0.2, 0) is 4.57 Å². The van der Waals surface area contributed by atoms with Gasteiger partial charge in [-0.15, -0.1) is 0 Å². The van der Waals surface area contributed by atoms with Crippen LogP contribution in [0.3, 0.4) is 0 Å². The van der Waals surface area contributed by atoms with Crippen molar-refractivity contribution in [3.8, 4) is 0 Å². The van der Waals surface area contributed by atoms with Crippen LogP contribution in [0, 0.1) is 0 Å². The minimum Gasteiger partial charge on any atom is -0.160 e. The van der Waals surface area contributed by atoms with Gasteiger partial charge in [0, 0.05) is 0 Å². The van der Waals surface area contributed by atoms with E-state index >= 15 is 0 Å². The van der Waals surface area contributed by atoms with Crippen LogP contribution in [0.2, 0.25) is 0 Å². The maximum atomic E-state index is 10.3. The lowest BCUT2D eigenvalue weighted by molar-refractivity contribution is 0.505. The summed E-state index contributed by atoms with van der Waals surface area (Å²) < 4.78 is 10.3. The molecule has 1 saturated carbocycles. The summed E-state index contributed by atoms with van der Waals surface area (Å²) in [4.78, 5) is 8.55. The molecule has 1 unspecified atom stereocenters. The van der Waals surface area contributed by atoms with Gasteiger partial charge in [0.25, 0.3) is 0 Å². The van der Waals surface area contributed by atoms with Gasteiger partial charge >= 0.3 is 8.03 Å². The van der Waals surface area contributed by atoms with Crippen LogP contribution in [0.5, 0.6) is 0 Å². The smallest absolute Gasteiger partial charge is 0.160 e. The largest absolute Gasteiger partial charge is 0.509 e. The molecule has 1 aliphatic rings. The monoisotopic (exact) mass is 173 g/mol. The van der Waals surface area contributed by atoms with E-state index in [-0.39, 0.29) is 0 Å². The molecule has 0 radical (unpaired) electrons. The van der Waals surface area contributed by atoms with Crippen molar-refractivity contribution in [2.75, 3.05) is 6.16 Å². The molecule has 3 heteroatoms. The highest BCUT2D eigenvalue weighted by atomic mass is 31.1. The predicted molar refractivity (Wildman–Crippen MR) is 45.9 cm³/mol.